The summed E-state index contributed by atoms with van der Waals surface area (Å²) in [5.74, 6) is 5.14. The Morgan fingerprint density at radius 2 is 1.77 bits per heavy atom. The van der Waals surface area contributed by atoms with Crippen LogP contribution in [0.3, 0.4) is 0 Å². The van der Waals surface area contributed by atoms with Crippen molar-refractivity contribution >= 4 is 17.7 Å². The molecule has 6 rings (SSSR count). The molecule has 0 amide bonds. The lowest BCUT2D eigenvalue weighted by atomic mass is 9.44. The number of carbonyl (C=O) groups excluding carboxylic acids is 1. The fraction of sp³-hybridized carbons (Fsp3) is 0.957. The van der Waals surface area contributed by atoms with Gasteiger partial charge in [-0.05, 0) is 93.3 Å². The van der Waals surface area contributed by atoms with Gasteiger partial charge in [-0.25, -0.2) is 0 Å². The lowest BCUT2D eigenvalue weighted by Gasteiger charge is -2.61. The molecule has 6 aliphatic rings. The second kappa shape index (κ2) is 5.05. The predicted molar refractivity (Wildman–Crippen MR) is 105 cm³/mol. The standard InChI is InChI=1S/C23H34O2S/c1-20-11-12-22(14-26-22)13-15(20)3-4-16-17(20)5-8-21(2)18(16)6-9-23(21)10-7-19(24)25-23/h15-18H,3-14H2,1-2H3/t15?,16?,17?,18?,20-,21-,22-,23+/m0/s1. The van der Waals surface area contributed by atoms with Crippen LogP contribution in [0.5, 0.6) is 0 Å². The molecule has 2 spiro atoms. The van der Waals surface area contributed by atoms with Crippen molar-refractivity contribution in [2.45, 2.75) is 94.8 Å². The average Bonchev–Trinajstić information content (AvgIpc) is 3.16. The van der Waals surface area contributed by atoms with Crippen LogP contribution in [0.25, 0.3) is 0 Å². The number of thioether (sulfide) groups is 1. The maximum atomic E-state index is 12.0. The molecule has 8 atom stereocenters. The highest BCUT2D eigenvalue weighted by Crippen LogP contribution is 2.72. The van der Waals surface area contributed by atoms with E-state index in [1.165, 1.54) is 57.1 Å². The maximum Gasteiger partial charge on any atom is 0.306 e. The molecule has 0 N–H and O–H groups in total. The van der Waals surface area contributed by atoms with E-state index in [1.54, 1.807) is 0 Å². The number of hydrogen-bond acceptors (Lipinski definition) is 3. The fourth-order valence-corrected chi connectivity index (χ4v) is 10.00. The van der Waals surface area contributed by atoms with Crippen LogP contribution in [0, 0.1) is 34.5 Å². The minimum Gasteiger partial charge on any atom is -0.458 e. The third-order valence-electron chi connectivity index (χ3n) is 10.7. The Hall–Kier alpha value is -0.180. The van der Waals surface area contributed by atoms with Crippen LogP contribution in [0.1, 0.15) is 84.5 Å². The van der Waals surface area contributed by atoms with Gasteiger partial charge in [-0.3, -0.25) is 4.79 Å². The molecule has 2 nitrogen and oxygen atoms in total. The summed E-state index contributed by atoms with van der Waals surface area (Å²) in [6, 6.07) is 0. The first-order chi connectivity index (χ1) is 12.4. The summed E-state index contributed by atoms with van der Waals surface area (Å²) in [4.78, 5) is 12.0. The number of esters is 1. The van der Waals surface area contributed by atoms with Gasteiger partial charge in [-0.15, -0.1) is 0 Å². The number of fused-ring (bicyclic) bond motifs is 6. The zero-order valence-electron chi connectivity index (χ0n) is 16.5. The van der Waals surface area contributed by atoms with Gasteiger partial charge in [0.15, 0.2) is 0 Å². The summed E-state index contributed by atoms with van der Waals surface area (Å²) < 4.78 is 6.81. The highest BCUT2D eigenvalue weighted by atomic mass is 32.2. The number of rotatable bonds is 0. The SMILES string of the molecule is C[C@]12CC[C@@]3(CS3)CC1CCC1C2CC[C@@]2(C)C1CC[C@@]21CCC(=O)O1. The molecule has 3 heteroatoms. The van der Waals surface area contributed by atoms with Crippen molar-refractivity contribution in [1.82, 2.24) is 0 Å². The van der Waals surface area contributed by atoms with E-state index >= 15 is 0 Å². The summed E-state index contributed by atoms with van der Waals surface area (Å²) in [6.07, 6.45) is 14.2. The summed E-state index contributed by atoms with van der Waals surface area (Å²) in [6.45, 7) is 5.18. The molecule has 0 aromatic carbocycles. The van der Waals surface area contributed by atoms with Crippen LogP contribution in [0.4, 0.5) is 0 Å². The molecule has 4 saturated carbocycles. The summed E-state index contributed by atoms with van der Waals surface area (Å²) in [5, 5.41) is 0. The predicted octanol–water partition coefficient (Wildman–Crippen LogP) is 5.59. The van der Waals surface area contributed by atoms with Gasteiger partial charge < -0.3 is 4.74 Å². The van der Waals surface area contributed by atoms with Crippen LogP contribution >= 0.6 is 11.8 Å². The van der Waals surface area contributed by atoms with Crippen molar-refractivity contribution in [2.24, 2.45) is 34.5 Å². The molecular weight excluding hydrogens is 340 g/mol. The van der Waals surface area contributed by atoms with Crippen LogP contribution < -0.4 is 0 Å². The minimum atomic E-state index is -0.0985. The van der Waals surface area contributed by atoms with Gasteiger partial charge >= 0.3 is 5.97 Å². The first kappa shape index (κ1) is 16.7. The number of hydrogen-bond donors (Lipinski definition) is 0. The molecule has 4 unspecified atom stereocenters. The first-order valence-electron chi connectivity index (χ1n) is 11.3. The summed E-state index contributed by atoms with van der Waals surface area (Å²) >= 11 is 2.25. The Balaban J connectivity index is 1.30. The lowest BCUT2D eigenvalue weighted by molar-refractivity contribution is -0.174. The van der Waals surface area contributed by atoms with Crippen molar-refractivity contribution in [1.29, 1.82) is 0 Å². The molecule has 0 aromatic heterocycles. The van der Waals surface area contributed by atoms with E-state index in [1.807, 2.05) is 0 Å². The Morgan fingerprint density at radius 3 is 2.50 bits per heavy atom. The molecule has 6 fully saturated rings. The zero-order chi connectivity index (χ0) is 17.8. The van der Waals surface area contributed by atoms with Gasteiger partial charge in [0.25, 0.3) is 0 Å². The van der Waals surface area contributed by atoms with Crippen molar-refractivity contribution in [3.63, 3.8) is 0 Å². The second-order valence-corrected chi connectivity index (χ2v) is 12.7. The molecule has 2 heterocycles. The third-order valence-corrected chi connectivity index (χ3v) is 12.2. The molecule has 26 heavy (non-hydrogen) atoms. The molecule has 0 bridgehead atoms. The smallest absolute Gasteiger partial charge is 0.306 e. The molecular formula is C23H34O2S. The highest BCUT2D eigenvalue weighted by molar-refractivity contribution is 8.07. The van der Waals surface area contributed by atoms with Crippen LogP contribution in [-0.2, 0) is 9.53 Å². The normalized spacial score (nSPS) is 60.5. The number of carbonyl (C=O) groups is 1. The maximum absolute atomic E-state index is 12.0. The van der Waals surface area contributed by atoms with Crippen molar-refractivity contribution in [3.05, 3.63) is 0 Å². The van der Waals surface area contributed by atoms with Crippen LogP contribution in [-0.4, -0.2) is 22.1 Å². The van der Waals surface area contributed by atoms with Gasteiger partial charge in [-0.2, -0.15) is 11.8 Å². The molecule has 0 aromatic rings. The van der Waals surface area contributed by atoms with Crippen molar-refractivity contribution < 1.29 is 9.53 Å². The Kier molecular flexibility index (Phi) is 3.25. The monoisotopic (exact) mass is 374 g/mol. The van der Waals surface area contributed by atoms with Gasteiger partial charge in [0.2, 0.25) is 0 Å². The quantitative estimate of drug-likeness (QED) is 0.408. The Bertz CT molecular complexity index is 657. The Morgan fingerprint density at radius 1 is 0.962 bits per heavy atom. The molecule has 2 saturated heterocycles. The molecule has 0 radical (unpaired) electrons. The highest BCUT2D eigenvalue weighted by Gasteiger charge is 2.68. The van der Waals surface area contributed by atoms with Gasteiger partial charge in [0.05, 0.1) is 0 Å². The Labute approximate surface area is 162 Å². The third kappa shape index (κ3) is 1.95. The lowest BCUT2D eigenvalue weighted by Crippen LogP contribution is -2.57. The number of ether oxygens (including phenoxy) is 1. The van der Waals surface area contributed by atoms with E-state index in [9.17, 15) is 4.79 Å². The van der Waals surface area contributed by atoms with Crippen LogP contribution in [0.2, 0.25) is 0 Å². The van der Waals surface area contributed by atoms with Gasteiger partial charge in [0, 0.05) is 22.3 Å². The van der Waals surface area contributed by atoms with Crippen molar-refractivity contribution in [3.8, 4) is 0 Å². The second-order valence-electron chi connectivity index (χ2n) is 11.3. The topological polar surface area (TPSA) is 26.3 Å². The summed E-state index contributed by atoms with van der Waals surface area (Å²) in [7, 11) is 0. The molecule has 4 aliphatic carbocycles. The van der Waals surface area contributed by atoms with E-state index < -0.39 is 0 Å². The largest absolute Gasteiger partial charge is 0.458 e. The van der Waals surface area contributed by atoms with Gasteiger partial charge in [-0.1, -0.05) is 13.8 Å². The van der Waals surface area contributed by atoms with Crippen molar-refractivity contribution in [2.75, 3.05) is 5.75 Å². The zero-order valence-corrected chi connectivity index (χ0v) is 17.3. The van der Waals surface area contributed by atoms with E-state index in [0.29, 0.717) is 11.8 Å². The van der Waals surface area contributed by atoms with E-state index in [4.69, 9.17) is 4.74 Å². The van der Waals surface area contributed by atoms with E-state index in [-0.39, 0.29) is 17.0 Å². The fourth-order valence-electron chi connectivity index (χ4n) is 8.97. The van der Waals surface area contributed by atoms with E-state index in [0.717, 1.165) is 41.3 Å². The molecule has 2 aliphatic heterocycles. The average molecular weight is 375 g/mol. The summed E-state index contributed by atoms with van der Waals surface area (Å²) in [5.41, 5.74) is 0.755. The van der Waals surface area contributed by atoms with Gasteiger partial charge in [0.1, 0.15) is 5.60 Å². The minimum absolute atomic E-state index is 0.0733. The van der Waals surface area contributed by atoms with E-state index in [2.05, 4.69) is 25.6 Å². The van der Waals surface area contributed by atoms with Crippen LogP contribution in [0.15, 0.2) is 0 Å². The first-order valence-corrected chi connectivity index (χ1v) is 12.2. The molecule has 144 valence electrons.